The third-order valence-corrected chi connectivity index (χ3v) is 4.29. The van der Waals surface area contributed by atoms with Gasteiger partial charge in [-0.05, 0) is 43.1 Å². The first-order chi connectivity index (χ1) is 8.20. The van der Waals surface area contributed by atoms with E-state index in [0.29, 0.717) is 11.1 Å². The summed E-state index contributed by atoms with van der Waals surface area (Å²) in [6.45, 7) is 1.88. The molecule has 0 N–H and O–H groups in total. The third kappa shape index (κ3) is 2.75. The molecule has 2 heterocycles. The summed E-state index contributed by atoms with van der Waals surface area (Å²) >= 11 is 8.87. The first kappa shape index (κ1) is 11.4. The highest BCUT2D eigenvalue weighted by Gasteiger charge is 2.27. The zero-order chi connectivity index (χ0) is 11.8. The Bertz CT molecular complexity index is 553. The van der Waals surface area contributed by atoms with Crippen LogP contribution in [0.15, 0.2) is 15.4 Å². The molecular formula is C10H9ClN4S2. The fourth-order valence-corrected chi connectivity index (χ4v) is 3.26. The minimum atomic E-state index is 0.504. The summed E-state index contributed by atoms with van der Waals surface area (Å²) in [4.78, 5) is 13.1. The summed E-state index contributed by atoms with van der Waals surface area (Å²) in [6.07, 6.45) is 2.34. The predicted molar refractivity (Wildman–Crippen MR) is 67.8 cm³/mol. The predicted octanol–water partition coefficient (Wildman–Crippen LogP) is 3.32. The number of hydrogen-bond acceptors (Lipinski definition) is 6. The minimum absolute atomic E-state index is 0.504. The molecule has 0 spiro atoms. The van der Waals surface area contributed by atoms with E-state index in [-0.39, 0.29) is 0 Å². The number of aryl methyl sites for hydroxylation is 1. The van der Waals surface area contributed by atoms with Gasteiger partial charge in [-0.3, -0.25) is 0 Å². The lowest BCUT2D eigenvalue weighted by Crippen LogP contribution is -1.94. The zero-order valence-corrected chi connectivity index (χ0v) is 11.4. The van der Waals surface area contributed by atoms with Crippen LogP contribution in [0, 0.1) is 6.92 Å². The maximum absolute atomic E-state index is 6.00. The number of rotatable bonds is 3. The Morgan fingerprint density at radius 2 is 2.18 bits per heavy atom. The van der Waals surface area contributed by atoms with Crippen molar-refractivity contribution in [3.63, 3.8) is 0 Å². The summed E-state index contributed by atoms with van der Waals surface area (Å²) < 4.78 is 5.03. The normalized spacial score (nSPS) is 15.2. The van der Waals surface area contributed by atoms with Crippen molar-refractivity contribution in [3.05, 3.63) is 22.9 Å². The average Bonchev–Trinajstić information content (AvgIpc) is 3.03. The molecule has 0 unspecified atom stereocenters. The van der Waals surface area contributed by atoms with Gasteiger partial charge in [0.25, 0.3) is 0 Å². The van der Waals surface area contributed by atoms with Crippen LogP contribution in [0.1, 0.15) is 30.4 Å². The largest absolute Gasteiger partial charge is 0.226 e. The van der Waals surface area contributed by atoms with E-state index in [2.05, 4.69) is 19.3 Å². The molecule has 0 atom stereocenters. The van der Waals surface area contributed by atoms with E-state index < -0.39 is 0 Å². The zero-order valence-electron chi connectivity index (χ0n) is 9.05. The van der Waals surface area contributed by atoms with Crippen LogP contribution >= 0.6 is 34.9 Å². The molecule has 3 rings (SSSR count). The van der Waals surface area contributed by atoms with Gasteiger partial charge < -0.3 is 0 Å². The maximum atomic E-state index is 6.00. The van der Waals surface area contributed by atoms with Gasteiger partial charge in [-0.25, -0.2) is 15.0 Å². The van der Waals surface area contributed by atoms with E-state index in [1.54, 1.807) is 6.07 Å². The average molecular weight is 285 g/mol. The summed E-state index contributed by atoms with van der Waals surface area (Å²) in [6, 6.07) is 1.77. The van der Waals surface area contributed by atoms with Crippen LogP contribution in [0.3, 0.4) is 0 Å². The van der Waals surface area contributed by atoms with Crippen LogP contribution in [-0.2, 0) is 0 Å². The van der Waals surface area contributed by atoms with Crippen molar-refractivity contribution < 1.29 is 0 Å². The Balaban J connectivity index is 1.86. The van der Waals surface area contributed by atoms with Gasteiger partial charge in [0.05, 0.1) is 0 Å². The van der Waals surface area contributed by atoms with Gasteiger partial charge in [0.1, 0.15) is 21.8 Å². The monoisotopic (exact) mass is 284 g/mol. The van der Waals surface area contributed by atoms with Crippen molar-refractivity contribution in [1.82, 2.24) is 19.3 Å². The Labute approximate surface area is 112 Å². The van der Waals surface area contributed by atoms with Crippen LogP contribution in [0.25, 0.3) is 0 Å². The molecule has 0 amide bonds. The van der Waals surface area contributed by atoms with E-state index in [4.69, 9.17) is 11.6 Å². The lowest BCUT2D eigenvalue weighted by molar-refractivity contribution is 0.878. The molecule has 2 aromatic heterocycles. The molecule has 0 bridgehead atoms. The van der Waals surface area contributed by atoms with E-state index in [9.17, 15) is 0 Å². The van der Waals surface area contributed by atoms with E-state index in [0.717, 1.165) is 21.0 Å². The highest BCUT2D eigenvalue weighted by Crippen LogP contribution is 2.39. The summed E-state index contributed by atoms with van der Waals surface area (Å²) in [5, 5.41) is 1.36. The van der Waals surface area contributed by atoms with E-state index >= 15 is 0 Å². The van der Waals surface area contributed by atoms with Crippen LogP contribution < -0.4 is 0 Å². The molecule has 17 heavy (non-hydrogen) atoms. The molecule has 88 valence electrons. The quantitative estimate of drug-likeness (QED) is 0.809. The number of halogens is 1. The fourth-order valence-electron chi connectivity index (χ4n) is 1.40. The lowest BCUT2D eigenvalue weighted by atomic mass is 10.4. The van der Waals surface area contributed by atoms with Crippen molar-refractivity contribution in [1.29, 1.82) is 0 Å². The molecule has 4 nitrogen and oxygen atoms in total. The van der Waals surface area contributed by atoms with E-state index in [1.807, 2.05) is 6.92 Å². The molecular weight excluding hydrogens is 276 g/mol. The molecule has 0 aliphatic heterocycles. The second-order valence-electron chi connectivity index (χ2n) is 3.87. The smallest absolute Gasteiger partial charge is 0.176 e. The maximum Gasteiger partial charge on any atom is 0.176 e. The fraction of sp³-hybridized carbons (Fsp3) is 0.400. The first-order valence-corrected chi connectivity index (χ1v) is 7.20. The van der Waals surface area contributed by atoms with Crippen molar-refractivity contribution >= 4 is 34.9 Å². The standard InChI is InChI=1S/C10H9ClN4S2/c1-5-12-10(17-15-5)16-8-4-7(11)13-9(14-8)6-2-3-6/h4,6H,2-3H2,1H3. The molecule has 0 saturated heterocycles. The molecule has 2 aromatic rings. The number of aromatic nitrogens is 4. The van der Waals surface area contributed by atoms with Crippen molar-refractivity contribution in [2.24, 2.45) is 0 Å². The van der Waals surface area contributed by atoms with Gasteiger partial charge in [-0.1, -0.05) is 11.6 Å². The Hall–Kier alpha value is -0.720. The van der Waals surface area contributed by atoms with Gasteiger partial charge in [-0.15, -0.1) is 0 Å². The lowest BCUT2D eigenvalue weighted by Gasteiger charge is -2.01. The molecule has 7 heteroatoms. The van der Waals surface area contributed by atoms with Gasteiger partial charge in [0.15, 0.2) is 4.34 Å². The van der Waals surface area contributed by atoms with Crippen molar-refractivity contribution in [3.8, 4) is 0 Å². The van der Waals surface area contributed by atoms with Gasteiger partial charge in [0.2, 0.25) is 0 Å². The number of nitrogens with zero attached hydrogens (tertiary/aromatic N) is 4. The molecule has 1 fully saturated rings. The third-order valence-electron chi connectivity index (χ3n) is 2.33. The molecule has 1 aliphatic rings. The Kier molecular flexibility index (Phi) is 3.02. The highest BCUT2D eigenvalue weighted by atomic mass is 35.5. The van der Waals surface area contributed by atoms with Crippen LogP contribution in [-0.4, -0.2) is 19.3 Å². The van der Waals surface area contributed by atoms with Gasteiger partial charge >= 0.3 is 0 Å². The second kappa shape index (κ2) is 4.51. The SMILES string of the molecule is Cc1nsc(Sc2cc(Cl)nc(C3CC3)n2)n1. The van der Waals surface area contributed by atoms with Crippen LogP contribution in [0.4, 0.5) is 0 Å². The Morgan fingerprint density at radius 1 is 1.35 bits per heavy atom. The summed E-state index contributed by atoms with van der Waals surface area (Å²) in [5.74, 6) is 2.16. The minimum Gasteiger partial charge on any atom is -0.226 e. The van der Waals surface area contributed by atoms with Gasteiger partial charge in [0, 0.05) is 12.0 Å². The summed E-state index contributed by atoms with van der Waals surface area (Å²) in [5.41, 5.74) is 0. The van der Waals surface area contributed by atoms with Crippen molar-refractivity contribution in [2.45, 2.75) is 35.0 Å². The number of hydrogen-bond donors (Lipinski definition) is 0. The van der Waals surface area contributed by atoms with Crippen LogP contribution in [0.5, 0.6) is 0 Å². The van der Waals surface area contributed by atoms with Crippen molar-refractivity contribution in [2.75, 3.05) is 0 Å². The molecule has 0 aromatic carbocycles. The molecule has 0 radical (unpaired) electrons. The molecule has 1 aliphatic carbocycles. The van der Waals surface area contributed by atoms with Crippen LogP contribution in [0.2, 0.25) is 5.15 Å². The molecule has 1 saturated carbocycles. The second-order valence-corrected chi connectivity index (χ2v) is 6.28. The topological polar surface area (TPSA) is 51.6 Å². The van der Waals surface area contributed by atoms with Gasteiger partial charge in [-0.2, -0.15) is 4.37 Å². The first-order valence-electron chi connectivity index (χ1n) is 5.23. The highest BCUT2D eigenvalue weighted by molar-refractivity contribution is 8.00. The van der Waals surface area contributed by atoms with E-state index in [1.165, 1.54) is 36.1 Å². The summed E-state index contributed by atoms with van der Waals surface area (Å²) in [7, 11) is 0. The Morgan fingerprint density at radius 3 is 2.82 bits per heavy atom.